The van der Waals surface area contributed by atoms with Gasteiger partial charge < -0.3 is 9.30 Å². The zero-order valence-corrected chi connectivity index (χ0v) is 16.1. The molecule has 0 N–H and O–H groups in total. The summed E-state index contributed by atoms with van der Waals surface area (Å²) in [5.41, 5.74) is 3.43. The van der Waals surface area contributed by atoms with Crippen LogP contribution in [0.15, 0.2) is 29.4 Å². The Kier molecular flexibility index (Phi) is 6.09. The first-order valence-electron chi connectivity index (χ1n) is 9.17. The van der Waals surface area contributed by atoms with Gasteiger partial charge in [-0.2, -0.15) is 0 Å². The van der Waals surface area contributed by atoms with Crippen LogP contribution in [-0.4, -0.2) is 22.4 Å². The van der Waals surface area contributed by atoms with E-state index in [1.54, 1.807) is 0 Å². The minimum Gasteiger partial charge on any atom is -0.492 e. The second-order valence-corrected chi connectivity index (χ2v) is 7.48. The van der Waals surface area contributed by atoms with Crippen molar-refractivity contribution in [3.8, 4) is 5.75 Å². The number of fused-ring (bicyclic) bond motifs is 1. The number of hydrogen-bond donors (Lipinski definition) is 0. The van der Waals surface area contributed by atoms with Crippen molar-refractivity contribution < 1.29 is 4.74 Å². The zero-order valence-electron chi connectivity index (χ0n) is 16.1. The molecule has 0 aliphatic heterocycles. The van der Waals surface area contributed by atoms with Crippen LogP contribution in [0.4, 0.5) is 0 Å². The monoisotopic (exact) mass is 328 g/mol. The quantitative estimate of drug-likeness (QED) is 0.470. The number of aryl methyl sites for hydroxylation is 1. The van der Waals surface area contributed by atoms with Gasteiger partial charge in [0.25, 0.3) is 0 Å². The molecule has 132 valence electrons. The van der Waals surface area contributed by atoms with Gasteiger partial charge in [0.05, 0.1) is 17.7 Å². The molecule has 0 spiro atoms. The van der Waals surface area contributed by atoms with Gasteiger partial charge in [-0.1, -0.05) is 26.7 Å². The maximum absolute atomic E-state index is 6.25. The highest BCUT2D eigenvalue weighted by atomic mass is 16.5. The predicted molar refractivity (Wildman–Crippen MR) is 105 cm³/mol. The summed E-state index contributed by atoms with van der Waals surface area (Å²) < 4.78 is 8.40. The Hall–Kier alpha value is -1.77. The second-order valence-electron chi connectivity index (χ2n) is 7.48. The van der Waals surface area contributed by atoms with Gasteiger partial charge in [-0.3, -0.25) is 4.99 Å². The molecule has 3 nitrogen and oxygen atoms in total. The van der Waals surface area contributed by atoms with Crippen molar-refractivity contribution in [1.29, 1.82) is 0 Å². The molecule has 0 saturated carbocycles. The molecule has 0 atom stereocenters. The molecule has 3 heteroatoms. The molecule has 0 amide bonds. The second kappa shape index (κ2) is 7.87. The summed E-state index contributed by atoms with van der Waals surface area (Å²) in [4.78, 5) is 5.00. The van der Waals surface area contributed by atoms with E-state index in [1.165, 1.54) is 10.9 Å². The number of unbranched alkanes of at least 4 members (excludes halogenated alkanes) is 1. The van der Waals surface area contributed by atoms with E-state index in [0.29, 0.717) is 0 Å². The highest BCUT2D eigenvalue weighted by Crippen LogP contribution is 2.33. The van der Waals surface area contributed by atoms with Crippen molar-refractivity contribution in [2.24, 2.45) is 12.0 Å². The Bertz CT molecular complexity index is 704. The molecule has 0 saturated heterocycles. The number of nitrogens with zero attached hydrogens (tertiary/aromatic N) is 2. The molecular formula is C21H32N2O. The number of ether oxygens (including phenoxy) is 1. The van der Waals surface area contributed by atoms with Crippen molar-refractivity contribution in [3.63, 3.8) is 0 Å². The van der Waals surface area contributed by atoms with E-state index in [0.717, 1.165) is 49.3 Å². The Morgan fingerprint density at radius 3 is 2.50 bits per heavy atom. The molecule has 1 heterocycles. The summed E-state index contributed by atoms with van der Waals surface area (Å²) in [6, 6.07) is 6.52. The van der Waals surface area contributed by atoms with Crippen LogP contribution >= 0.6 is 0 Å². The molecule has 0 radical (unpaired) electrons. The van der Waals surface area contributed by atoms with Crippen LogP contribution in [0.2, 0.25) is 0 Å². The van der Waals surface area contributed by atoms with Gasteiger partial charge in [-0.25, -0.2) is 0 Å². The van der Waals surface area contributed by atoms with Gasteiger partial charge in [-0.15, -0.1) is 0 Å². The summed E-state index contributed by atoms with van der Waals surface area (Å²) in [6.45, 7) is 11.6. The SMILES string of the molecule is CCCCOc1c(C(CCC)=NC(C)(C)C)ccc2c1ccn2C. The van der Waals surface area contributed by atoms with Crippen molar-refractivity contribution in [3.05, 3.63) is 30.0 Å². The lowest BCUT2D eigenvalue weighted by molar-refractivity contribution is 0.312. The molecule has 0 fully saturated rings. The molecule has 0 aliphatic rings. The smallest absolute Gasteiger partial charge is 0.137 e. The van der Waals surface area contributed by atoms with Crippen molar-refractivity contribution in [1.82, 2.24) is 4.57 Å². The van der Waals surface area contributed by atoms with E-state index in [9.17, 15) is 0 Å². The number of benzene rings is 1. The predicted octanol–water partition coefficient (Wildman–Crippen LogP) is 5.74. The van der Waals surface area contributed by atoms with Crippen LogP contribution in [0.1, 0.15) is 65.9 Å². The third kappa shape index (κ3) is 4.40. The average molecular weight is 329 g/mol. The summed E-state index contributed by atoms with van der Waals surface area (Å²) in [5, 5.41) is 1.18. The van der Waals surface area contributed by atoms with Gasteiger partial charge in [0, 0.05) is 29.9 Å². The van der Waals surface area contributed by atoms with Gasteiger partial charge in [0.2, 0.25) is 0 Å². The lowest BCUT2D eigenvalue weighted by Gasteiger charge is -2.19. The molecule has 2 aromatic rings. The largest absolute Gasteiger partial charge is 0.492 e. The summed E-state index contributed by atoms with van der Waals surface area (Å²) in [5.74, 6) is 0.998. The first-order chi connectivity index (χ1) is 11.4. The van der Waals surface area contributed by atoms with Crippen LogP contribution in [0, 0.1) is 0 Å². The van der Waals surface area contributed by atoms with E-state index >= 15 is 0 Å². The minimum atomic E-state index is -0.0865. The number of rotatable bonds is 7. The van der Waals surface area contributed by atoms with Gasteiger partial charge in [-0.05, 0) is 51.8 Å². The van der Waals surface area contributed by atoms with Crippen LogP contribution in [0.5, 0.6) is 5.75 Å². The fraction of sp³-hybridized carbons (Fsp3) is 0.571. The molecule has 2 rings (SSSR count). The van der Waals surface area contributed by atoms with Crippen molar-refractivity contribution in [2.45, 2.75) is 65.8 Å². The normalized spacial score (nSPS) is 12.8. The third-order valence-corrected chi connectivity index (χ3v) is 4.03. The molecule has 1 aromatic heterocycles. The molecule has 0 aliphatic carbocycles. The average Bonchev–Trinajstić information content (AvgIpc) is 2.88. The number of aromatic nitrogens is 1. The van der Waals surface area contributed by atoms with Crippen molar-refractivity contribution in [2.75, 3.05) is 6.61 Å². The molecule has 24 heavy (non-hydrogen) atoms. The standard InChI is InChI=1S/C21H32N2O/c1-7-9-15-24-20-16(18(10-8-2)22-21(3,4)5)11-12-19-17(20)13-14-23(19)6/h11-14H,7-10,15H2,1-6H3. The van der Waals surface area contributed by atoms with Crippen LogP contribution in [0.25, 0.3) is 10.9 Å². The first kappa shape index (κ1) is 18.6. The van der Waals surface area contributed by atoms with Crippen molar-refractivity contribution >= 4 is 16.6 Å². The third-order valence-electron chi connectivity index (χ3n) is 4.03. The highest BCUT2D eigenvalue weighted by molar-refractivity contribution is 6.07. The molecular weight excluding hydrogens is 296 g/mol. The van der Waals surface area contributed by atoms with E-state index in [4.69, 9.17) is 9.73 Å². The van der Waals surface area contributed by atoms with Gasteiger partial charge in [0.1, 0.15) is 5.75 Å². The topological polar surface area (TPSA) is 26.5 Å². The summed E-state index contributed by atoms with van der Waals surface area (Å²) in [7, 11) is 2.08. The first-order valence-corrected chi connectivity index (χ1v) is 9.17. The summed E-state index contributed by atoms with van der Waals surface area (Å²) in [6.07, 6.45) is 6.36. The minimum absolute atomic E-state index is 0.0865. The lowest BCUT2D eigenvalue weighted by atomic mass is 10.0. The zero-order chi connectivity index (χ0) is 17.7. The Labute approximate surface area is 146 Å². The van der Waals surface area contributed by atoms with E-state index in [-0.39, 0.29) is 5.54 Å². The van der Waals surface area contributed by atoms with Crippen LogP contribution < -0.4 is 4.74 Å². The Balaban J connectivity index is 2.57. The van der Waals surface area contributed by atoms with E-state index in [1.807, 2.05) is 0 Å². The maximum Gasteiger partial charge on any atom is 0.137 e. The van der Waals surface area contributed by atoms with E-state index < -0.39 is 0 Å². The number of aliphatic imine (C=N–C) groups is 1. The van der Waals surface area contributed by atoms with Gasteiger partial charge >= 0.3 is 0 Å². The highest BCUT2D eigenvalue weighted by Gasteiger charge is 2.18. The van der Waals surface area contributed by atoms with Crippen LogP contribution in [0.3, 0.4) is 0 Å². The molecule has 1 aromatic carbocycles. The van der Waals surface area contributed by atoms with E-state index in [2.05, 4.69) is 70.6 Å². The fourth-order valence-corrected chi connectivity index (χ4v) is 2.92. The fourth-order valence-electron chi connectivity index (χ4n) is 2.92. The van der Waals surface area contributed by atoms with Crippen LogP contribution in [-0.2, 0) is 7.05 Å². The number of hydrogen-bond acceptors (Lipinski definition) is 2. The maximum atomic E-state index is 6.25. The Morgan fingerprint density at radius 2 is 1.88 bits per heavy atom. The molecule has 0 bridgehead atoms. The lowest BCUT2D eigenvalue weighted by Crippen LogP contribution is -2.16. The summed E-state index contributed by atoms with van der Waals surface area (Å²) >= 11 is 0. The van der Waals surface area contributed by atoms with Gasteiger partial charge in [0.15, 0.2) is 0 Å². The molecule has 0 unspecified atom stereocenters. The Morgan fingerprint density at radius 1 is 1.12 bits per heavy atom.